The topological polar surface area (TPSA) is 46.6 Å². The fraction of sp³-hybridized carbons (Fsp3) is 0.333. The van der Waals surface area contributed by atoms with Crippen molar-refractivity contribution in [3.05, 3.63) is 39.4 Å². The number of hydrogen-bond acceptors (Lipinski definition) is 3. The minimum absolute atomic E-state index is 0.0288. The molecule has 1 aliphatic rings. The molecule has 2 rings (SSSR count). The number of methoxy groups -OCH3 is 1. The Bertz CT molecular complexity index is 671. The lowest BCUT2D eigenvalue weighted by molar-refractivity contribution is -0.130. The number of alkyl halides is 3. The number of hydrogen-bond donors (Lipinski definition) is 0. The minimum Gasteiger partial charge on any atom is -0.496 e. The van der Waals surface area contributed by atoms with Gasteiger partial charge in [0.25, 0.3) is 0 Å². The predicted octanol–water partition coefficient (Wildman–Crippen LogP) is 3.49. The van der Waals surface area contributed by atoms with Crippen LogP contribution in [0.2, 0.25) is 0 Å². The summed E-state index contributed by atoms with van der Waals surface area (Å²) in [7, 11) is 1.43. The van der Waals surface area contributed by atoms with Crippen molar-refractivity contribution in [2.75, 3.05) is 13.7 Å². The molecule has 4 nitrogen and oxygen atoms in total. The highest BCUT2D eigenvalue weighted by Crippen LogP contribution is 2.32. The van der Waals surface area contributed by atoms with Gasteiger partial charge in [0, 0.05) is 30.3 Å². The number of carbonyl (C=O) groups is 2. The Morgan fingerprint density at radius 3 is 2.61 bits per heavy atom. The normalized spacial score (nSPS) is 15.4. The van der Waals surface area contributed by atoms with Crippen molar-refractivity contribution in [2.45, 2.75) is 19.1 Å². The van der Waals surface area contributed by atoms with Crippen molar-refractivity contribution >= 4 is 28.1 Å². The summed E-state index contributed by atoms with van der Waals surface area (Å²) < 4.78 is 43.5. The van der Waals surface area contributed by atoms with Crippen LogP contribution >= 0.6 is 15.9 Å². The van der Waals surface area contributed by atoms with Gasteiger partial charge >= 0.3 is 6.18 Å². The molecular weight excluding hydrogens is 379 g/mol. The first kappa shape index (κ1) is 17.5. The zero-order valence-electron chi connectivity index (χ0n) is 12.1. The summed E-state index contributed by atoms with van der Waals surface area (Å²) in [5.74, 6) is -0.279. The fourth-order valence-electron chi connectivity index (χ4n) is 2.28. The van der Waals surface area contributed by atoms with Gasteiger partial charge in [-0.1, -0.05) is 0 Å². The molecule has 0 fully saturated rings. The molecule has 124 valence electrons. The number of aldehydes is 1. The maximum atomic E-state index is 12.6. The molecule has 0 spiro atoms. The lowest BCUT2D eigenvalue weighted by Gasteiger charge is -2.27. The van der Waals surface area contributed by atoms with Crippen LogP contribution in [0.3, 0.4) is 0 Å². The predicted molar refractivity (Wildman–Crippen MR) is 80.3 cm³/mol. The van der Waals surface area contributed by atoms with Crippen molar-refractivity contribution in [1.82, 2.24) is 4.90 Å². The fourth-order valence-corrected chi connectivity index (χ4v) is 2.77. The molecule has 0 saturated heterocycles. The molecule has 0 N–H and O–H groups in total. The standard InChI is InChI=1S/C15H13BrF3NO3/c1-23-12-5-9(4-10(8-21)14(12)16)7-20-3-2-11(6-13(20)22)15(17,18)19/h4-6,8H,2-3,7H2,1H3. The second kappa shape index (κ2) is 6.74. The third-order valence-electron chi connectivity index (χ3n) is 3.47. The lowest BCUT2D eigenvalue weighted by Crippen LogP contribution is -2.36. The van der Waals surface area contributed by atoms with Gasteiger partial charge in [0.15, 0.2) is 6.29 Å². The zero-order valence-corrected chi connectivity index (χ0v) is 13.7. The van der Waals surface area contributed by atoms with Crippen LogP contribution in [0, 0.1) is 0 Å². The molecule has 0 atom stereocenters. The number of benzene rings is 1. The average Bonchev–Trinajstić information content (AvgIpc) is 2.49. The first-order valence-corrected chi connectivity index (χ1v) is 7.44. The van der Waals surface area contributed by atoms with Gasteiger partial charge in [-0.25, -0.2) is 0 Å². The molecule has 1 amide bonds. The van der Waals surface area contributed by atoms with Gasteiger partial charge in [0.1, 0.15) is 5.75 Å². The van der Waals surface area contributed by atoms with E-state index in [4.69, 9.17) is 4.74 Å². The van der Waals surface area contributed by atoms with Gasteiger partial charge in [0.05, 0.1) is 11.6 Å². The molecule has 0 bridgehead atoms. The molecule has 8 heteroatoms. The highest BCUT2D eigenvalue weighted by Gasteiger charge is 2.36. The van der Waals surface area contributed by atoms with Crippen molar-refractivity contribution in [3.63, 3.8) is 0 Å². The average molecular weight is 392 g/mol. The largest absolute Gasteiger partial charge is 0.496 e. The Balaban J connectivity index is 2.22. The van der Waals surface area contributed by atoms with Gasteiger partial charge in [-0.05, 0) is 40.0 Å². The number of amides is 1. The second-order valence-electron chi connectivity index (χ2n) is 5.00. The van der Waals surface area contributed by atoms with Crippen molar-refractivity contribution in [1.29, 1.82) is 0 Å². The first-order valence-electron chi connectivity index (χ1n) is 6.64. The minimum atomic E-state index is -4.48. The molecule has 1 heterocycles. The van der Waals surface area contributed by atoms with Crippen LogP contribution in [0.5, 0.6) is 5.75 Å². The van der Waals surface area contributed by atoms with E-state index in [1.165, 1.54) is 12.0 Å². The smallest absolute Gasteiger partial charge is 0.412 e. The molecule has 0 unspecified atom stereocenters. The molecule has 1 aromatic carbocycles. The van der Waals surface area contributed by atoms with E-state index in [0.29, 0.717) is 33.7 Å². The third kappa shape index (κ3) is 3.93. The van der Waals surface area contributed by atoms with Gasteiger partial charge < -0.3 is 9.64 Å². The van der Waals surface area contributed by atoms with Gasteiger partial charge in [-0.2, -0.15) is 13.2 Å². The first-order chi connectivity index (χ1) is 10.8. The van der Waals surface area contributed by atoms with E-state index in [-0.39, 0.29) is 19.5 Å². The molecule has 0 aromatic heterocycles. The van der Waals surface area contributed by atoms with E-state index in [1.54, 1.807) is 12.1 Å². The van der Waals surface area contributed by atoms with Gasteiger partial charge in [0.2, 0.25) is 5.91 Å². The van der Waals surface area contributed by atoms with Gasteiger partial charge in [-0.15, -0.1) is 0 Å². The van der Waals surface area contributed by atoms with Crippen LogP contribution in [0.25, 0.3) is 0 Å². The van der Waals surface area contributed by atoms with E-state index in [0.717, 1.165) is 0 Å². The molecule has 0 radical (unpaired) electrons. The Morgan fingerprint density at radius 1 is 1.39 bits per heavy atom. The van der Waals surface area contributed by atoms with Crippen molar-refractivity contribution in [2.24, 2.45) is 0 Å². The van der Waals surface area contributed by atoms with Gasteiger partial charge in [-0.3, -0.25) is 9.59 Å². The Labute approximate surface area is 139 Å². The highest BCUT2D eigenvalue weighted by atomic mass is 79.9. The van der Waals surface area contributed by atoms with Crippen LogP contribution in [0.4, 0.5) is 13.2 Å². The summed E-state index contributed by atoms with van der Waals surface area (Å²) in [6.45, 7) is 0.0733. The van der Waals surface area contributed by atoms with Crippen molar-refractivity contribution < 1.29 is 27.5 Å². The Kier molecular flexibility index (Phi) is 5.13. The van der Waals surface area contributed by atoms with Crippen LogP contribution in [0.1, 0.15) is 22.3 Å². The lowest BCUT2D eigenvalue weighted by atomic mass is 10.1. The number of carbonyl (C=O) groups excluding carboxylic acids is 2. The van der Waals surface area contributed by atoms with Crippen molar-refractivity contribution in [3.8, 4) is 5.75 Å². The SMILES string of the molecule is COc1cc(CN2CCC(C(F)(F)F)=CC2=O)cc(C=O)c1Br. The maximum absolute atomic E-state index is 12.6. The molecule has 1 aromatic rings. The summed E-state index contributed by atoms with van der Waals surface area (Å²) >= 11 is 3.23. The third-order valence-corrected chi connectivity index (χ3v) is 4.32. The van der Waals surface area contributed by atoms with E-state index >= 15 is 0 Å². The summed E-state index contributed by atoms with van der Waals surface area (Å²) in [6.07, 6.45) is -3.47. The van der Waals surface area contributed by atoms with Crippen LogP contribution in [-0.2, 0) is 11.3 Å². The second-order valence-corrected chi connectivity index (χ2v) is 5.79. The summed E-state index contributed by atoms with van der Waals surface area (Å²) in [6, 6.07) is 3.20. The summed E-state index contributed by atoms with van der Waals surface area (Å²) in [5.41, 5.74) is 0.125. The van der Waals surface area contributed by atoms with E-state index < -0.39 is 17.7 Å². The molecular formula is C15H13BrF3NO3. The highest BCUT2D eigenvalue weighted by molar-refractivity contribution is 9.10. The monoisotopic (exact) mass is 391 g/mol. The zero-order chi connectivity index (χ0) is 17.2. The van der Waals surface area contributed by atoms with Crippen LogP contribution in [0.15, 0.2) is 28.3 Å². The van der Waals surface area contributed by atoms with E-state index in [9.17, 15) is 22.8 Å². The number of nitrogens with zero attached hydrogens (tertiary/aromatic N) is 1. The number of ether oxygens (including phenoxy) is 1. The maximum Gasteiger partial charge on any atom is 0.412 e. The Morgan fingerprint density at radius 2 is 2.09 bits per heavy atom. The number of rotatable bonds is 4. The molecule has 0 saturated carbocycles. The van der Waals surface area contributed by atoms with Crippen LogP contribution < -0.4 is 4.74 Å². The summed E-state index contributed by atoms with van der Waals surface area (Å²) in [5, 5.41) is 0. The Hall–Kier alpha value is -1.83. The van der Waals surface area contributed by atoms with E-state index in [1.807, 2.05) is 0 Å². The van der Waals surface area contributed by atoms with Crippen LogP contribution in [-0.4, -0.2) is 36.9 Å². The molecule has 0 aliphatic carbocycles. The van der Waals surface area contributed by atoms with E-state index in [2.05, 4.69) is 15.9 Å². The number of halogens is 4. The molecule has 1 aliphatic heterocycles. The molecule has 23 heavy (non-hydrogen) atoms. The quantitative estimate of drug-likeness (QED) is 0.738. The summed E-state index contributed by atoms with van der Waals surface area (Å²) in [4.78, 5) is 24.2.